The lowest BCUT2D eigenvalue weighted by Gasteiger charge is -2.36. The molecule has 0 amide bonds. The standard InChI is InChI=1S/C29H39N/c1-3-24-10-16-28(17-11-24)29-20-18-27(19-21-29)23(2)26-14-12-25(13-15-26)9-7-5-4-6-8-22-30/h4-6,8,10-11,16-17,25-27,29H,2-3,7,9,12-15,18-21H2,1H3/b5-4+,8-6+. The summed E-state index contributed by atoms with van der Waals surface area (Å²) < 4.78 is 0. The van der Waals surface area contributed by atoms with E-state index in [0.29, 0.717) is 0 Å². The molecule has 0 radical (unpaired) electrons. The molecule has 1 heteroatoms. The molecule has 1 aromatic rings. The molecule has 0 spiro atoms. The lowest BCUT2D eigenvalue weighted by molar-refractivity contribution is 0.260. The van der Waals surface area contributed by atoms with Crippen LogP contribution in [0.25, 0.3) is 0 Å². The van der Waals surface area contributed by atoms with Crippen LogP contribution in [0, 0.1) is 29.1 Å². The molecule has 0 bridgehead atoms. The van der Waals surface area contributed by atoms with E-state index < -0.39 is 0 Å². The fourth-order valence-electron chi connectivity index (χ4n) is 5.58. The van der Waals surface area contributed by atoms with Gasteiger partial charge in [0.15, 0.2) is 0 Å². The third kappa shape index (κ3) is 6.46. The predicted octanol–water partition coefficient (Wildman–Crippen LogP) is 8.30. The van der Waals surface area contributed by atoms with Gasteiger partial charge in [-0.3, -0.25) is 0 Å². The van der Waals surface area contributed by atoms with Crippen LogP contribution in [0.15, 0.2) is 60.7 Å². The Hall–Kier alpha value is -2.07. The quantitative estimate of drug-likeness (QED) is 0.244. The highest BCUT2D eigenvalue weighted by Gasteiger charge is 2.29. The Morgan fingerprint density at radius 3 is 2.20 bits per heavy atom. The molecule has 0 unspecified atom stereocenters. The van der Waals surface area contributed by atoms with E-state index in [1.54, 1.807) is 11.1 Å². The van der Waals surface area contributed by atoms with E-state index in [4.69, 9.17) is 5.26 Å². The minimum absolute atomic E-state index is 0.756. The molecule has 1 aromatic carbocycles. The lowest BCUT2D eigenvalue weighted by atomic mass is 9.69. The first-order valence-electron chi connectivity index (χ1n) is 12.2. The number of rotatable bonds is 8. The van der Waals surface area contributed by atoms with Crippen molar-refractivity contribution in [3.63, 3.8) is 0 Å². The van der Waals surface area contributed by atoms with Gasteiger partial charge < -0.3 is 0 Å². The molecule has 1 nitrogen and oxygen atoms in total. The van der Waals surface area contributed by atoms with Crippen molar-refractivity contribution in [2.24, 2.45) is 17.8 Å². The van der Waals surface area contributed by atoms with E-state index >= 15 is 0 Å². The molecule has 3 rings (SSSR count). The van der Waals surface area contributed by atoms with Crippen molar-refractivity contribution in [3.8, 4) is 6.07 Å². The van der Waals surface area contributed by atoms with Crippen LogP contribution in [0.2, 0.25) is 0 Å². The molecule has 0 saturated heterocycles. The Morgan fingerprint density at radius 1 is 0.967 bits per heavy atom. The number of allylic oxidation sites excluding steroid dienone is 5. The van der Waals surface area contributed by atoms with Crippen molar-refractivity contribution in [2.75, 3.05) is 0 Å². The van der Waals surface area contributed by atoms with Gasteiger partial charge in [-0.1, -0.05) is 61.6 Å². The average molecular weight is 402 g/mol. The molecular formula is C29H39N. The summed E-state index contributed by atoms with van der Waals surface area (Å²) in [5.74, 6) is 3.15. The van der Waals surface area contributed by atoms with Crippen LogP contribution in [-0.4, -0.2) is 0 Å². The predicted molar refractivity (Wildman–Crippen MR) is 128 cm³/mol. The first-order valence-corrected chi connectivity index (χ1v) is 12.2. The fraction of sp³-hybridized carbons (Fsp3) is 0.552. The average Bonchev–Trinajstić information content (AvgIpc) is 2.81. The maximum Gasteiger partial charge on any atom is 0.0912 e. The highest BCUT2D eigenvalue weighted by molar-refractivity contribution is 5.26. The second kappa shape index (κ2) is 11.9. The molecule has 2 aliphatic carbocycles. The van der Waals surface area contributed by atoms with Gasteiger partial charge in [0, 0.05) is 6.08 Å². The van der Waals surface area contributed by atoms with E-state index in [0.717, 1.165) is 36.5 Å². The van der Waals surface area contributed by atoms with Crippen molar-refractivity contribution in [2.45, 2.75) is 83.5 Å². The van der Waals surface area contributed by atoms with Gasteiger partial charge in [-0.15, -0.1) is 0 Å². The first kappa shape index (κ1) is 22.6. The van der Waals surface area contributed by atoms with Gasteiger partial charge >= 0.3 is 0 Å². The SMILES string of the molecule is C=C(C1CCC(CC/C=C/C=C/C#N)CC1)C1CCC(c2ccc(CC)cc2)CC1. The number of nitrogens with zero attached hydrogens (tertiary/aromatic N) is 1. The summed E-state index contributed by atoms with van der Waals surface area (Å²) in [5.41, 5.74) is 4.58. The zero-order valence-electron chi connectivity index (χ0n) is 18.9. The second-order valence-electron chi connectivity index (χ2n) is 9.43. The van der Waals surface area contributed by atoms with Crippen LogP contribution in [-0.2, 0) is 6.42 Å². The van der Waals surface area contributed by atoms with E-state index in [1.807, 2.05) is 18.2 Å². The molecule has 0 atom stereocenters. The Morgan fingerprint density at radius 2 is 1.60 bits per heavy atom. The van der Waals surface area contributed by atoms with Crippen molar-refractivity contribution in [1.82, 2.24) is 0 Å². The number of benzene rings is 1. The number of aryl methyl sites for hydroxylation is 1. The maximum absolute atomic E-state index is 8.50. The number of nitriles is 1. The van der Waals surface area contributed by atoms with Gasteiger partial charge in [-0.2, -0.15) is 5.26 Å². The molecule has 2 fully saturated rings. The maximum atomic E-state index is 8.50. The Kier molecular flexibility index (Phi) is 9.00. The molecule has 0 N–H and O–H groups in total. The Balaban J connectivity index is 1.38. The van der Waals surface area contributed by atoms with Crippen LogP contribution < -0.4 is 0 Å². The zero-order valence-corrected chi connectivity index (χ0v) is 18.9. The van der Waals surface area contributed by atoms with E-state index in [-0.39, 0.29) is 0 Å². The van der Waals surface area contributed by atoms with Crippen LogP contribution in [0.5, 0.6) is 0 Å². The highest BCUT2D eigenvalue weighted by atomic mass is 14.3. The summed E-state index contributed by atoms with van der Waals surface area (Å²) in [6.45, 7) is 6.84. The van der Waals surface area contributed by atoms with Crippen LogP contribution >= 0.6 is 0 Å². The highest BCUT2D eigenvalue weighted by Crippen LogP contribution is 2.44. The van der Waals surface area contributed by atoms with E-state index in [1.165, 1.54) is 69.4 Å². The normalized spacial score (nSPS) is 27.3. The van der Waals surface area contributed by atoms with E-state index in [2.05, 4.69) is 43.8 Å². The van der Waals surface area contributed by atoms with Crippen molar-refractivity contribution in [1.29, 1.82) is 5.26 Å². The largest absolute Gasteiger partial charge is 0.193 e. The van der Waals surface area contributed by atoms with Gasteiger partial charge in [0.1, 0.15) is 0 Å². The molecule has 2 aliphatic rings. The van der Waals surface area contributed by atoms with Gasteiger partial charge in [-0.05, 0) is 105 Å². The molecule has 0 heterocycles. The lowest BCUT2D eigenvalue weighted by Crippen LogP contribution is -2.22. The molecule has 30 heavy (non-hydrogen) atoms. The Bertz CT molecular complexity index is 745. The number of hydrogen-bond donors (Lipinski definition) is 0. The molecule has 0 aliphatic heterocycles. The molecular weight excluding hydrogens is 362 g/mol. The summed E-state index contributed by atoms with van der Waals surface area (Å²) in [4.78, 5) is 0. The van der Waals surface area contributed by atoms with Gasteiger partial charge in [-0.25, -0.2) is 0 Å². The summed E-state index contributed by atoms with van der Waals surface area (Å²) in [5, 5.41) is 8.50. The minimum atomic E-state index is 0.756. The minimum Gasteiger partial charge on any atom is -0.193 e. The van der Waals surface area contributed by atoms with Crippen molar-refractivity contribution >= 4 is 0 Å². The van der Waals surface area contributed by atoms with Crippen LogP contribution in [0.3, 0.4) is 0 Å². The van der Waals surface area contributed by atoms with Crippen molar-refractivity contribution in [3.05, 3.63) is 71.8 Å². The summed E-state index contributed by atoms with van der Waals surface area (Å²) in [7, 11) is 0. The van der Waals surface area contributed by atoms with Gasteiger partial charge in [0.05, 0.1) is 6.07 Å². The second-order valence-corrected chi connectivity index (χ2v) is 9.43. The van der Waals surface area contributed by atoms with Gasteiger partial charge in [0.25, 0.3) is 0 Å². The summed E-state index contributed by atoms with van der Waals surface area (Å²) in [6, 6.07) is 11.4. The third-order valence-corrected chi connectivity index (χ3v) is 7.64. The number of hydrogen-bond acceptors (Lipinski definition) is 1. The van der Waals surface area contributed by atoms with E-state index in [9.17, 15) is 0 Å². The van der Waals surface area contributed by atoms with Crippen LogP contribution in [0.1, 0.15) is 88.2 Å². The molecule has 0 aromatic heterocycles. The fourth-order valence-corrected chi connectivity index (χ4v) is 5.58. The smallest absolute Gasteiger partial charge is 0.0912 e. The summed E-state index contributed by atoms with van der Waals surface area (Å²) in [6.07, 6.45) is 21.9. The molecule has 160 valence electrons. The zero-order chi connectivity index (χ0) is 21.2. The molecule has 2 saturated carbocycles. The third-order valence-electron chi connectivity index (χ3n) is 7.64. The topological polar surface area (TPSA) is 23.8 Å². The van der Waals surface area contributed by atoms with Crippen molar-refractivity contribution < 1.29 is 0 Å². The van der Waals surface area contributed by atoms with Gasteiger partial charge in [0.2, 0.25) is 0 Å². The Labute approximate surface area is 184 Å². The first-order chi connectivity index (χ1) is 14.7. The summed E-state index contributed by atoms with van der Waals surface area (Å²) >= 11 is 0. The van der Waals surface area contributed by atoms with Crippen LogP contribution in [0.4, 0.5) is 0 Å². The monoisotopic (exact) mass is 401 g/mol.